The quantitative estimate of drug-likeness (QED) is 0.0422. The number of quaternary nitrogens is 1. The number of carbonyl (C=O) groups is 1. The molecule has 0 aromatic rings. The second-order valence-corrected chi connectivity index (χ2v) is 11.5. The SMILES string of the molecule is CCCCCCCCCCCCCCCC(=O)OC[C@H](COP(=O)(O)OCC[N+](C)(C)C)OO. The van der Waals surface area contributed by atoms with Crippen LogP contribution >= 0.6 is 7.82 Å². The van der Waals surface area contributed by atoms with Crippen LogP contribution in [-0.4, -0.2) is 74.2 Å². The van der Waals surface area contributed by atoms with Gasteiger partial charge < -0.3 is 14.1 Å². The summed E-state index contributed by atoms with van der Waals surface area (Å²) in [5, 5.41) is 8.93. The van der Waals surface area contributed by atoms with Gasteiger partial charge >= 0.3 is 13.8 Å². The minimum Gasteiger partial charge on any atom is -0.463 e. The Bertz CT molecular complexity index is 542. The third kappa shape index (κ3) is 23.2. The van der Waals surface area contributed by atoms with E-state index >= 15 is 0 Å². The maximum atomic E-state index is 11.9. The molecule has 2 N–H and O–H groups in total. The first-order chi connectivity index (χ1) is 16.1. The van der Waals surface area contributed by atoms with Crippen LogP contribution in [0.1, 0.15) is 96.8 Å². The summed E-state index contributed by atoms with van der Waals surface area (Å²) >= 11 is 0. The van der Waals surface area contributed by atoms with E-state index in [0.717, 1.165) is 19.3 Å². The molecule has 0 aromatic carbocycles. The molecular weight excluding hydrogens is 461 g/mol. The van der Waals surface area contributed by atoms with Crippen molar-refractivity contribution in [3.8, 4) is 0 Å². The van der Waals surface area contributed by atoms with E-state index in [-0.39, 0.29) is 13.2 Å². The van der Waals surface area contributed by atoms with Crippen LogP contribution in [0.25, 0.3) is 0 Å². The Labute approximate surface area is 207 Å². The van der Waals surface area contributed by atoms with Gasteiger partial charge in [0.2, 0.25) is 0 Å². The van der Waals surface area contributed by atoms with Crippen LogP contribution in [0, 0.1) is 0 Å². The van der Waals surface area contributed by atoms with Crippen molar-refractivity contribution in [2.24, 2.45) is 0 Å². The zero-order valence-electron chi connectivity index (χ0n) is 22.0. The van der Waals surface area contributed by atoms with Crippen LogP contribution in [0.15, 0.2) is 0 Å². The lowest BCUT2D eigenvalue weighted by Crippen LogP contribution is -2.37. The van der Waals surface area contributed by atoms with Crippen LogP contribution in [0.5, 0.6) is 0 Å². The fraction of sp³-hybridized carbons (Fsp3) is 0.958. The van der Waals surface area contributed by atoms with E-state index in [4.69, 9.17) is 19.0 Å². The van der Waals surface area contributed by atoms with Crippen LogP contribution in [0.4, 0.5) is 0 Å². The highest BCUT2D eigenvalue weighted by atomic mass is 31.2. The van der Waals surface area contributed by atoms with E-state index in [2.05, 4.69) is 11.8 Å². The monoisotopic (exact) mass is 512 g/mol. The van der Waals surface area contributed by atoms with Crippen molar-refractivity contribution in [3.05, 3.63) is 0 Å². The first-order valence-corrected chi connectivity index (χ1v) is 14.5. The largest absolute Gasteiger partial charge is 0.472 e. The Morgan fingerprint density at radius 1 is 0.824 bits per heavy atom. The molecule has 0 amide bonds. The predicted molar refractivity (Wildman–Crippen MR) is 133 cm³/mol. The van der Waals surface area contributed by atoms with Crippen LogP contribution < -0.4 is 0 Å². The summed E-state index contributed by atoms with van der Waals surface area (Å²) in [6.45, 7) is 2.08. The fourth-order valence-corrected chi connectivity index (χ4v) is 4.04. The number of phosphoric acid groups is 1. The second kappa shape index (κ2) is 20.6. The molecular formula is C24H51NO8P+. The van der Waals surface area contributed by atoms with Gasteiger partial charge in [-0.15, -0.1) is 0 Å². The highest BCUT2D eigenvalue weighted by molar-refractivity contribution is 7.47. The van der Waals surface area contributed by atoms with Gasteiger partial charge in [0.1, 0.15) is 19.8 Å². The molecule has 0 spiro atoms. The van der Waals surface area contributed by atoms with E-state index in [1.807, 2.05) is 21.1 Å². The zero-order valence-corrected chi connectivity index (χ0v) is 22.9. The molecule has 0 fully saturated rings. The molecule has 1 unspecified atom stereocenters. The summed E-state index contributed by atoms with van der Waals surface area (Å²) in [6.07, 6.45) is 15.2. The zero-order chi connectivity index (χ0) is 25.7. The number of phosphoric ester groups is 1. The molecule has 0 saturated carbocycles. The number of likely N-dealkylation sites (N-methyl/N-ethyl adjacent to an activating group) is 1. The smallest absolute Gasteiger partial charge is 0.463 e. The molecule has 2 atom stereocenters. The number of ether oxygens (including phenoxy) is 1. The number of unbranched alkanes of at least 4 members (excludes halogenated alkanes) is 12. The summed E-state index contributed by atoms with van der Waals surface area (Å²) in [5.74, 6) is -0.392. The molecule has 204 valence electrons. The molecule has 0 aromatic heterocycles. The molecule has 0 aliphatic rings. The molecule has 34 heavy (non-hydrogen) atoms. The third-order valence-electron chi connectivity index (χ3n) is 5.50. The van der Waals surface area contributed by atoms with Crippen molar-refractivity contribution in [3.63, 3.8) is 0 Å². The number of esters is 1. The summed E-state index contributed by atoms with van der Waals surface area (Å²) in [5.41, 5.74) is 0. The summed E-state index contributed by atoms with van der Waals surface area (Å²) in [4.78, 5) is 25.7. The predicted octanol–water partition coefficient (Wildman–Crippen LogP) is 5.71. The van der Waals surface area contributed by atoms with E-state index < -0.39 is 26.5 Å². The normalized spacial score (nSPS) is 14.6. The Hall–Kier alpha value is -0.540. The average Bonchev–Trinajstić information content (AvgIpc) is 2.76. The lowest BCUT2D eigenvalue weighted by atomic mass is 10.0. The Morgan fingerprint density at radius 3 is 1.79 bits per heavy atom. The van der Waals surface area contributed by atoms with Gasteiger partial charge in [0, 0.05) is 6.42 Å². The Morgan fingerprint density at radius 2 is 1.32 bits per heavy atom. The summed E-state index contributed by atoms with van der Waals surface area (Å²) in [6, 6.07) is 0. The third-order valence-corrected chi connectivity index (χ3v) is 6.49. The van der Waals surface area contributed by atoms with Gasteiger partial charge in [0.25, 0.3) is 0 Å². The molecule has 0 rings (SSSR count). The lowest BCUT2D eigenvalue weighted by Gasteiger charge is -2.24. The fourth-order valence-electron chi connectivity index (χ4n) is 3.30. The summed E-state index contributed by atoms with van der Waals surface area (Å²) < 4.78 is 27.2. The van der Waals surface area contributed by atoms with E-state index in [9.17, 15) is 14.3 Å². The first kappa shape index (κ1) is 33.5. The van der Waals surface area contributed by atoms with Gasteiger partial charge in [-0.05, 0) is 6.42 Å². The number of carbonyl (C=O) groups excluding carboxylic acids is 1. The average molecular weight is 513 g/mol. The van der Waals surface area contributed by atoms with Crippen molar-refractivity contribution in [1.82, 2.24) is 0 Å². The molecule has 9 nitrogen and oxygen atoms in total. The van der Waals surface area contributed by atoms with E-state index in [1.165, 1.54) is 64.2 Å². The number of nitrogens with zero attached hydrogens (tertiary/aromatic N) is 1. The van der Waals surface area contributed by atoms with E-state index in [0.29, 0.717) is 17.4 Å². The minimum atomic E-state index is -4.28. The van der Waals surface area contributed by atoms with Crippen LogP contribution in [-0.2, 0) is 28.0 Å². The minimum absolute atomic E-state index is 0.0377. The van der Waals surface area contributed by atoms with Crippen molar-refractivity contribution < 1.29 is 42.7 Å². The van der Waals surface area contributed by atoms with Crippen LogP contribution in [0.3, 0.4) is 0 Å². The van der Waals surface area contributed by atoms with Gasteiger partial charge in [0.05, 0.1) is 27.7 Å². The van der Waals surface area contributed by atoms with Crippen molar-refractivity contribution in [2.75, 3.05) is 47.5 Å². The maximum Gasteiger partial charge on any atom is 0.472 e. The standard InChI is InChI=1S/C24H50NO8P/c1-5-6-7-8-9-10-11-12-13-14-15-16-17-18-24(26)30-21-23(33-27)22-32-34(28,29)31-20-19-25(2,3)4/h23H,5-22H2,1-4H3,(H-,27,28,29)/p+1/t23-/m1/s1. The second-order valence-electron chi connectivity index (χ2n) is 10.0. The lowest BCUT2D eigenvalue weighted by molar-refractivity contribution is -0.870. The maximum absolute atomic E-state index is 11.9. The molecule has 0 aliphatic carbocycles. The summed E-state index contributed by atoms with van der Waals surface area (Å²) in [7, 11) is 1.50. The van der Waals surface area contributed by atoms with Gasteiger partial charge in [-0.3, -0.25) is 19.1 Å². The van der Waals surface area contributed by atoms with Gasteiger partial charge in [0.15, 0.2) is 6.10 Å². The van der Waals surface area contributed by atoms with Gasteiger partial charge in [-0.1, -0.05) is 84.0 Å². The Kier molecular flexibility index (Phi) is 20.3. The number of hydrogen-bond acceptors (Lipinski definition) is 7. The van der Waals surface area contributed by atoms with E-state index in [1.54, 1.807) is 0 Å². The van der Waals surface area contributed by atoms with Gasteiger partial charge in [-0.25, -0.2) is 9.45 Å². The molecule has 0 bridgehead atoms. The van der Waals surface area contributed by atoms with Crippen LogP contribution in [0.2, 0.25) is 0 Å². The molecule has 10 heteroatoms. The van der Waals surface area contributed by atoms with Crippen molar-refractivity contribution in [1.29, 1.82) is 0 Å². The van der Waals surface area contributed by atoms with Gasteiger partial charge in [-0.2, -0.15) is 0 Å². The molecule has 0 heterocycles. The molecule has 0 radical (unpaired) electrons. The molecule has 0 aliphatic heterocycles. The number of rotatable bonds is 24. The Balaban J connectivity index is 3.71. The topological polar surface area (TPSA) is 112 Å². The molecule has 0 saturated heterocycles. The number of hydrogen-bond donors (Lipinski definition) is 2. The highest BCUT2D eigenvalue weighted by Crippen LogP contribution is 2.43. The van der Waals surface area contributed by atoms with Crippen molar-refractivity contribution >= 4 is 13.8 Å². The highest BCUT2D eigenvalue weighted by Gasteiger charge is 2.25. The van der Waals surface area contributed by atoms with Crippen molar-refractivity contribution in [2.45, 2.75) is 103 Å². The first-order valence-electron chi connectivity index (χ1n) is 13.0.